The Balaban J connectivity index is 0.961. The smallest absolute Gasteiger partial charge is 0.0517 e. The zero-order chi connectivity index (χ0) is 55.9. The highest BCUT2D eigenvalue weighted by atomic mass is 15.3. The van der Waals surface area contributed by atoms with Crippen molar-refractivity contribution in [1.29, 1.82) is 0 Å². The average molecular weight is 1070 g/mol. The standard InChI is InChI=1S/C78H74N4/c1-75-43-13-15-45-77(75,3)81(59-35-31-57(32-36-59)79(5)6)71-41-29-55(49-69(71)75)53-27-39-65-67(47-53)73(63-25-17-21-51-19-9-11-23-61(51)63)66-40-28-54(48-68(66)74(65)64-26-18-22-52-20-10-12-24-62(52)64)56-30-42-72-70(50-56)76(2)44-14-16-46-78(76,4)82(72)60-37-33-58(34-38-60)80(7)8/h9-12,17-42,47-50H,13-16,43-46H2,1-8H3. The van der Waals surface area contributed by atoms with Gasteiger partial charge in [-0.3, -0.25) is 0 Å². The molecule has 0 spiro atoms. The van der Waals surface area contributed by atoms with E-state index in [-0.39, 0.29) is 21.9 Å². The van der Waals surface area contributed by atoms with Gasteiger partial charge in [0.25, 0.3) is 0 Å². The van der Waals surface area contributed by atoms with Gasteiger partial charge in [-0.1, -0.05) is 161 Å². The Kier molecular flexibility index (Phi) is 11.5. The summed E-state index contributed by atoms with van der Waals surface area (Å²) in [7, 11) is 8.51. The second-order valence-corrected chi connectivity index (χ2v) is 25.9. The summed E-state index contributed by atoms with van der Waals surface area (Å²) in [6.45, 7) is 10.2. The number of rotatable bonds is 8. The fourth-order valence-corrected chi connectivity index (χ4v) is 16.5. The Labute approximate surface area is 485 Å². The number of anilines is 6. The highest BCUT2D eigenvalue weighted by Gasteiger charge is 2.59. The lowest BCUT2D eigenvalue weighted by Crippen LogP contribution is -2.54. The van der Waals surface area contributed by atoms with Crippen LogP contribution in [0.15, 0.2) is 206 Å². The van der Waals surface area contributed by atoms with E-state index in [1.165, 1.54) is 171 Å². The lowest BCUT2D eigenvalue weighted by atomic mass is 9.61. The molecule has 2 heterocycles. The summed E-state index contributed by atoms with van der Waals surface area (Å²) in [4.78, 5) is 9.80. The molecule has 4 heteroatoms. The molecule has 2 aliphatic carbocycles. The monoisotopic (exact) mass is 1070 g/mol. The molecule has 0 saturated heterocycles. The van der Waals surface area contributed by atoms with Crippen molar-refractivity contribution in [3.8, 4) is 44.5 Å². The molecule has 4 unspecified atom stereocenters. The minimum Gasteiger partial charge on any atom is -0.378 e. The summed E-state index contributed by atoms with van der Waals surface area (Å²) in [6.07, 6.45) is 9.65. The SMILES string of the molecule is CN(C)c1ccc(N2c3ccc(-c4ccc5c(-c6cccc7ccccc67)c6cc(-c7ccc8c(c7)C7(C)CCCCC7(C)N8c7ccc(N(C)C)cc7)ccc6c(-c6cccc7ccccc67)c5c4)cc3C3(C)CCCCC23C)cc1. The predicted molar refractivity (Wildman–Crippen MR) is 352 cm³/mol. The van der Waals surface area contributed by atoms with Gasteiger partial charge in [0, 0.05) is 73.1 Å². The van der Waals surface area contributed by atoms with Gasteiger partial charge in [0.1, 0.15) is 0 Å². The lowest BCUT2D eigenvalue weighted by Gasteiger charge is -2.50. The van der Waals surface area contributed by atoms with Gasteiger partial charge >= 0.3 is 0 Å². The van der Waals surface area contributed by atoms with Gasteiger partial charge in [0.2, 0.25) is 0 Å². The fourth-order valence-electron chi connectivity index (χ4n) is 16.5. The van der Waals surface area contributed by atoms with Crippen molar-refractivity contribution in [3.05, 3.63) is 217 Å². The van der Waals surface area contributed by atoms with Gasteiger partial charge in [-0.05, 0) is 223 Å². The molecule has 82 heavy (non-hydrogen) atoms. The van der Waals surface area contributed by atoms with Crippen molar-refractivity contribution in [2.45, 2.75) is 101 Å². The molecule has 11 aromatic carbocycles. The quantitative estimate of drug-likeness (QED) is 0.141. The normalized spacial score (nSPS) is 21.9. The van der Waals surface area contributed by atoms with E-state index in [4.69, 9.17) is 0 Å². The molecule has 4 nitrogen and oxygen atoms in total. The maximum Gasteiger partial charge on any atom is 0.0517 e. The molecular formula is C78H74N4. The third-order valence-corrected chi connectivity index (χ3v) is 21.4. The minimum atomic E-state index is -0.0464. The summed E-state index contributed by atoms with van der Waals surface area (Å²) in [5.74, 6) is 0. The van der Waals surface area contributed by atoms with Crippen LogP contribution in [0.2, 0.25) is 0 Å². The highest BCUT2D eigenvalue weighted by Crippen LogP contribution is 2.63. The molecule has 0 amide bonds. The summed E-state index contributed by atoms with van der Waals surface area (Å²) >= 11 is 0. The van der Waals surface area contributed by atoms with Crippen LogP contribution in [0.5, 0.6) is 0 Å². The first-order chi connectivity index (χ1) is 39.8. The summed E-state index contributed by atoms with van der Waals surface area (Å²) in [5.41, 5.74) is 20.7. The first kappa shape index (κ1) is 50.6. The Morgan fingerprint density at radius 3 is 1.11 bits per heavy atom. The zero-order valence-corrected chi connectivity index (χ0v) is 49.1. The molecule has 4 atom stereocenters. The first-order valence-electron chi connectivity index (χ1n) is 30.2. The van der Waals surface area contributed by atoms with Crippen molar-refractivity contribution in [2.24, 2.45) is 0 Å². The molecule has 2 aliphatic heterocycles. The van der Waals surface area contributed by atoms with Crippen LogP contribution in [0.25, 0.3) is 87.6 Å². The van der Waals surface area contributed by atoms with E-state index in [0.717, 1.165) is 12.8 Å². The Bertz CT molecular complexity index is 4090. The van der Waals surface area contributed by atoms with Crippen molar-refractivity contribution in [1.82, 2.24) is 0 Å². The van der Waals surface area contributed by atoms with E-state index in [1.807, 2.05) is 0 Å². The van der Waals surface area contributed by atoms with Crippen LogP contribution >= 0.6 is 0 Å². The van der Waals surface area contributed by atoms with Crippen LogP contribution in [0.1, 0.15) is 90.2 Å². The van der Waals surface area contributed by atoms with Gasteiger partial charge in [-0.15, -0.1) is 0 Å². The summed E-state index contributed by atoms with van der Waals surface area (Å²) in [5, 5.41) is 10.1. The molecule has 11 aromatic rings. The zero-order valence-electron chi connectivity index (χ0n) is 49.1. The van der Waals surface area contributed by atoms with Crippen LogP contribution in [-0.4, -0.2) is 39.3 Å². The second-order valence-electron chi connectivity index (χ2n) is 25.9. The van der Waals surface area contributed by atoms with Crippen molar-refractivity contribution >= 4 is 77.2 Å². The number of nitrogens with zero attached hydrogens (tertiary/aromatic N) is 4. The maximum atomic E-state index is 2.71. The van der Waals surface area contributed by atoms with E-state index in [0.29, 0.717) is 0 Å². The summed E-state index contributed by atoms with van der Waals surface area (Å²) < 4.78 is 0. The Morgan fingerprint density at radius 2 is 0.695 bits per heavy atom. The molecular weight excluding hydrogens is 993 g/mol. The van der Waals surface area contributed by atoms with Gasteiger partial charge in [0.15, 0.2) is 0 Å². The van der Waals surface area contributed by atoms with Crippen molar-refractivity contribution < 1.29 is 0 Å². The minimum absolute atomic E-state index is 0.0124. The Hall–Kier alpha value is -8.34. The van der Waals surface area contributed by atoms with E-state index in [1.54, 1.807) is 0 Å². The molecule has 2 saturated carbocycles. The molecule has 0 aromatic heterocycles. The maximum absolute atomic E-state index is 2.71. The highest BCUT2D eigenvalue weighted by molar-refractivity contribution is 6.26. The molecule has 0 bridgehead atoms. The van der Waals surface area contributed by atoms with Crippen LogP contribution in [0.4, 0.5) is 34.1 Å². The fraction of sp³-hybridized carbons (Fsp3) is 0.256. The molecule has 0 N–H and O–H groups in total. The average Bonchev–Trinajstić information content (AvgIpc) is 1.90. The number of fused-ring (bicyclic) bond motifs is 10. The largest absolute Gasteiger partial charge is 0.378 e. The molecule has 406 valence electrons. The van der Waals surface area contributed by atoms with E-state index < -0.39 is 0 Å². The number of benzene rings is 11. The lowest BCUT2D eigenvalue weighted by molar-refractivity contribution is 0.195. The summed E-state index contributed by atoms with van der Waals surface area (Å²) in [6, 6.07) is 80.1. The molecule has 4 aliphatic rings. The second kappa shape index (κ2) is 18.6. The van der Waals surface area contributed by atoms with E-state index in [2.05, 4.69) is 282 Å². The van der Waals surface area contributed by atoms with Gasteiger partial charge in [0.05, 0.1) is 11.1 Å². The molecule has 0 radical (unpaired) electrons. The van der Waals surface area contributed by atoms with Crippen LogP contribution in [0, 0.1) is 0 Å². The molecule has 2 fully saturated rings. The van der Waals surface area contributed by atoms with Gasteiger partial charge in [-0.2, -0.15) is 0 Å². The van der Waals surface area contributed by atoms with Crippen LogP contribution in [0.3, 0.4) is 0 Å². The number of hydrogen-bond donors (Lipinski definition) is 0. The predicted octanol–water partition coefficient (Wildman–Crippen LogP) is 20.6. The van der Waals surface area contributed by atoms with E-state index >= 15 is 0 Å². The van der Waals surface area contributed by atoms with Crippen molar-refractivity contribution in [3.63, 3.8) is 0 Å². The first-order valence-corrected chi connectivity index (χ1v) is 30.2. The van der Waals surface area contributed by atoms with E-state index in [9.17, 15) is 0 Å². The van der Waals surface area contributed by atoms with Crippen LogP contribution < -0.4 is 19.6 Å². The van der Waals surface area contributed by atoms with Gasteiger partial charge in [-0.25, -0.2) is 0 Å². The van der Waals surface area contributed by atoms with Gasteiger partial charge < -0.3 is 19.6 Å². The third-order valence-electron chi connectivity index (χ3n) is 21.4. The number of hydrogen-bond acceptors (Lipinski definition) is 4. The third kappa shape index (κ3) is 7.28. The van der Waals surface area contributed by atoms with Crippen LogP contribution in [-0.2, 0) is 10.8 Å². The van der Waals surface area contributed by atoms with Crippen molar-refractivity contribution in [2.75, 3.05) is 47.8 Å². The molecule has 15 rings (SSSR count). The topological polar surface area (TPSA) is 13.0 Å². The Morgan fingerprint density at radius 1 is 0.329 bits per heavy atom.